The van der Waals surface area contributed by atoms with Gasteiger partial charge in [-0.15, -0.1) is 0 Å². The molecule has 0 heterocycles. The van der Waals surface area contributed by atoms with E-state index in [1.54, 1.807) is 37.3 Å². The van der Waals surface area contributed by atoms with Crippen molar-refractivity contribution in [3.05, 3.63) is 60.4 Å². The molecule has 7 nitrogen and oxygen atoms in total. The van der Waals surface area contributed by atoms with Crippen molar-refractivity contribution >= 4 is 39.9 Å². The zero-order valence-electron chi connectivity index (χ0n) is 19.2. The Bertz CT molecular complexity index is 1010. The molecule has 2 aromatic carbocycles. The highest BCUT2D eigenvalue weighted by molar-refractivity contribution is 7.86. The van der Waals surface area contributed by atoms with Crippen molar-refractivity contribution < 1.29 is 23.0 Å². The molecule has 1 aliphatic carbocycles. The first kappa shape index (κ1) is 25.6. The molecular weight excluding hydrogens is 457 g/mol. The quantitative estimate of drug-likeness (QED) is 0.567. The van der Waals surface area contributed by atoms with Crippen LogP contribution in [0, 0.1) is 5.82 Å². The van der Waals surface area contributed by atoms with E-state index in [1.165, 1.54) is 29.2 Å². The molecular formula is C25H30FN3O4S. The molecule has 3 rings (SSSR count). The zero-order valence-corrected chi connectivity index (χ0v) is 20.0. The Morgan fingerprint density at radius 2 is 1.65 bits per heavy atom. The van der Waals surface area contributed by atoms with Crippen LogP contribution in [0.5, 0.6) is 0 Å². The van der Waals surface area contributed by atoms with Crippen molar-refractivity contribution in [3.63, 3.8) is 0 Å². The van der Waals surface area contributed by atoms with Crippen LogP contribution in [0.3, 0.4) is 0 Å². The summed E-state index contributed by atoms with van der Waals surface area (Å²) in [6.45, 7) is 1.65. The molecule has 0 aliphatic heterocycles. The second kappa shape index (κ2) is 12.4. The van der Waals surface area contributed by atoms with Crippen LogP contribution in [0.2, 0.25) is 0 Å². The highest BCUT2D eigenvalue weighted by Crippen LogP contribution is 2.20. The first-order valence-corrected chi connectivity index (χ1v) is 12.9. The number of hydrogen-bond acceptors (Lipinski definition) is 4. The monoisotopic (exact) mass is 487 g/mol. The largest absolute Gasteiger partial charge is 0.352 e. The number of para-hydroxylation sites is 1. The third-order valence-electron chi connectivity index (χ3n) is 5.73. The lowest BCUT2D eigenvalue weighted by molar-refractivity contribution is -0.126. The molecule has 0 unspecified atom stereocenters. The number of carbonyl (C=O) groups excluding carboxylic acids is 3. The second-order valence-electron chi connectivity index (χ2n) is 8.40. The van der Waals surface area contributed by atoms with Crippen LogP contribution in [0.15, 0.2) is 54.6 Å². The number of nitrogens with one attached hydrogen (secondary N) is 2. The molecule has 0 bridgehead atoms. The van der Waals surface area contributed by atoms with Crippen molar-refractivity contribution in [2.24, 2.45) is 0 Å². The predicted octanol–water partition coefficient (Wildman–Crippen LogP) is 3.38. The van der Waals surface area contributed by atoms with Crippen molar-refractivity contribution in [1.82, 2.24) is 5.32 Å². The number of amides is 3. The number of benzene rings is 2. The van der Waals surface area contributed by atoms with Gasteiger partial charge in [-0.05, 0) is 56.2 Å². The van der Waals surface area contributed by atoms with Crippen LogP contribution in [0.25, 0.3) is 0 Å². The lowest BCUT2D eigenvalue weighted by atomic mass is 9.95. The van der Waals surface area contributed by atoms with E-state index in [9.17, 15) is 23.0 Å². The topological polar surface area (TPSA) is 95.6 Å². The standard InChI is InChI=1S/C25H30FN3O4S/c1-18(25(32)28-20-8-4-2-5-9-20)29(22-10-6-3-7-11-22)24(31)17-34(33)16-23(30)27-21-14-12-19(26)13-15-21/h3,6-7,10-15,18,20H,2,4-5,8-9,16-17H2,1H3,(H,27,30)(H,28,32)/t18-,34+/m1/s1. The van der Waals surface area contributed by atoms with E-state index in [0.717, 1.165) is 32.1 Å². The van der Waals surface area contributed by atoms with E-state index < -0.39 is 46.0 Å². The summed E-state index contributed by atoms with van der Waals surface area (Å²) in [6.07, 6.45) is 5.15. The summed E-state index contributed by atoms with van der Waals surface area (Å²) >= 11 is 0. The molecule has 9 heteroatoms. The van der Waals surface area contributed by atoms with Gasteiger partial charge >= 0.3 is 0 Å². The Morgan fingerprint density at radius 3 is 2.29 bits per heavy atom. The van der Waals surface area contributed by atoms with E-state index in [2.05, 4.69) is 10.6 Å². The maximum atomic E-state index is 13.1. The summed E-state index contributed by atoms with van der Waals surface area (Å²) in [5.41, 5.74) is 0.889. The van der Waals surface area contributed by atoms with Gasteiger partial charge in [0.05, 0.1) is 0 Å². The van der Waals surface area contributed by atoms with E-state index in [-0.39, 0.29) is 11.9 Å². The lowest BCUT2D eigenvalue weighted by Crippen LogP contribution is -2.52. The number of anilines is 2. The fraction of sp³-hybridized carbons (Fsp3) is 0.400. The average molecular weight is 488 g/mol. The third kappa shape index (κ3) is 7.48. The van der Waals surface area contributed by atoms with Crippen LogP contribution in [0.1, 0.15) is 39.0 Å². The van der Waals surface area contributed by atoms with E-state index in [1.807, 2.05) is 0 Å². The van der Waals surface area contributed by atoms with E-state index in [0.29, 0.717) is 11.4 Å². The van der Waals surface area contributed by atoms with Crippen LogP contribution < -0.4 is 15.5 Å². The Balaban J connectivity index is 1.63. The van der Waals surface area contributed by atoms with Gasteiger partial charge in [0.1, 0.15) is 23.4 Å². The van der Waals surface area contributed by atoms with E-state index in [4.69, 9.17) is 0 Å². The van der Waals surface area contributed by atoms with Gasteiger partial charge in [-0.1, -0.05) is 37.5 Å². The van der Waals surface area contributed by atoms with Crippen molar-refractivity contribution in [3.8, 4) is 0 Å². The summed E-state index contributed by atoms with van der Waals surface area (Å²) < 4.78 is 25.6. The van der Waals surface area contributed by atoms with Crippen molar-refractivity contribution in [1.29, 1.82) is 0 Å². The highest BCUT2D eigenvalue weighted by atomic mass is 32.2. The molecule has 0 spiro atoms. The normalized spacial score (nSPS) is 15.7. The molecule has 1 fully saturated rings. The fourth-order valence-corrected chi connectivity index (χ4v) is 4.87. The molecule has 0 aromatic heterocycles. The van der Waals surface area contributed by atoms with Gasteiger partial charge in [0.2, 0.25) is 17.7 Å². The van der Waals surface area contributed by atoms with Crippen LogP contribution in [-0.2, 0) is 25.2 Å². The molecule has 2 N–H and O–H groups in total. The molecule has 1 aliphatic rings. The summed E-state index contributed by atoms with van der Waals surface area (Å²) in [4.78, 5) is 39.6. The van der Waals surface area contributed by atoms with Gasteiger partial charge in [-0.25, -0.2) is 4.39 Å². The minimum absolute atomic E-state index is 0.0979. The van der Waals surface area contributed by atoms with E-state index >= 15 is 0 Å². The van der Waals surface area contributed by atoms with Crippen molar-refractivity contribution in [2.75, 3.05) is 21.7 Å². The molecule has 182 valence electrons. The van der Waals surface area contributed by atoms with Gasteiger partial charge < -0.3 is 10.6 Å². The Labute approximate surface area is 201 Å². The van der Waals surface area contributed by atoms with Crippen LogP contribution >= 0.6 is 0 Å². The molecule has 0 saturated heterocycles. The van der Waals surface area contributed by atoms with Crippen molar-refractivity contribution in [2.45, 2.75) is 51.1 Å². The first-order valence-electron chi connectivity index (χ1n) is 11.4. The summed E-state index contributed by atoms with van der Waals surface area (Å²) in [6, 6.07) is 13.2. The number of halogens is 1. The minimum atomic E-state index is -1.80. The predicted molar refractivity (Wildman–Crippen MR) is 131 cm³/mol. The summed E-state index contributed by atoms with van der Waals surface area (Å²) in [7, 11) is -1.80. The Kier molecular flexibility index (Phi) is 9.33. The molecule has 1 saturated carbocycles. The van der Waals surface area contributed by atoms with Gasteiger partial charge in [-0.3, -0.25) is 23.5 Å². The number of carbonyl (C=O) groups is 3. The molecule has 3 amide bonds. The zero-order chi connectivity index (χ0) is 24.5. The average Bonchev–Trinajstić information content (AvgIpc) is 2.81. The van der Waals surface area contributed by atoms with Gasteiger partial charge in [0.15, 0.2) is 0 Å². The number of hydrogen-bond donors (Lipinski definition) is 2. The Morgan fingerprint density at radius 1 is 1.00 bits per heavy atom. The number of rotatable bonds is 9. The molecule has 2 aromatic rings. The number of nitrogens with zero attached hydrogens (tertiary/aromatic N) is 1. The fourth-order valence-electron chi connectivity index (χ4n) is 3.99. The molecule has 0 radical (unpaired) electrons. The minimum Gasteiger partial charge on any atom is -0.352 e. The second-order valence-corrected chi connectivity index (χ2v) is 9.86. The van der Waals surface area contributed by atoms with Crippen LogP contribution in [0.4, 0.5) is 15.8 Å². The third-order valence-corrected chi connectivity index (χ3v) is 6.88. The maximum absolute atomic E-state index is 13.1. The molecule has 34 heavy (non-hydrogen) atoms. The first-order chi connectivity index (χ1) is 16.3. The summed E-state index contributed by atoms with van der Waals surface area (Å²) in [5, 5.41) is 5.57. The van der Waals surface area contributed by atoms with Gasteiger partial charge in [0.25, 0.3) is 0 Å². The highest BCUT2D eigenvalue weighted by Gasteiger charge is 2.30. The maximum Gasteiger partial charge on any atom is 0.243 e. The lowest BCUT2D eigenvalue weighted by Gasteiger charge is -2.31. The Hall–Kier alpha value is -3.07. The SMILES string of the molecule is C[C@H](C(=O)NC1CCCCC1)N(C(=O)C[S@@](=O)CC(=O)Nc1ccc(F)cc1)c1ccccc1. The van der Waals surface area contributed by atoms with Crippen LogP contribution in [-0.4, -0.2) is 45.5 Å². The van der Waals surface area contributed by atoms with Gasteiger partial charge in [-0.2, -0.15) is 0 Å². The van der Waals surface area contributed by atoms with Gasteiger partial charge in [0, 0.05) is 28.2 Å². The smallest absolute Gasteiger partial charge is 0.243 e. The molecule has 2 atom stereocenters. The summed E-state index contributed by atoms with van der Waals surface area (Å²) in [5.74, 6) is -2.56.